The number of nitrogen functional groups attached to an aromatic ring is 1. The summed E-state index contributed by atoms with van der Waals surface area (Å²) in [5.41, 5.74) is 5.78. The Morgan fingerprint density at radius 1 is 1.25 bits per heavy atom. The topological polar surface area (TPSA) is 89.1 Å². The summed E-state index contributed by atoms with van der Waals surface area (Å²) in [6.07, 6.45) is 1.41. The number of anilines is 2. The van der Waals surface area contributed by atoms with E-state index in [0.717, 1.165) is 18.2 Å². The van der Waals surface area contributed by atoms with Crippen LogP contribution in [-0.4, -0.2) is 38.8 Å². The van der Waals surface area contributed by atoms with Crippen LogP contribution in [0.5, 0.6) is 0 Å². The lowest BCUT2D eigenvalue weighted by atomic mass is 9.96. The Morgan fingerprint density at radius 2 is 1.88 bits per heavy atom. The third-order valence-corrected chi connectivity index (χ3v) is 4.07. The van der Waals surface area contributed by atoms with E-state index in [2.05, 4.69) is 15.4 Å². The van der Waals surface area contributed by atoms with Crippen molar-refractivity contribution in [1.29, 1.82) is 0 Å². The second-order valence-corrected chi connectivity index (χ2v) is 5.80. The van der Waals surface area contributed by atoms with Gasteiger partial charge in [-0.1, -0.05) is 0 Å². The van der Waals surface area contributed by atoms with Crippen molar-refractivity contribution < 1.29 is 13.6 Å². The van der Waals surface area contributed by atoms with Crippen LogP contribution >= 0.6 is 0 Å². The van der Waals surface area contributed by atoms with E-state index in [1.165, 1.54) is 4.68 Å². The molecule has 0 unspecified atom stereocenters. The Kier molecular flexibility index (Phi) is 4.32. The quantitative estimate of drug-likeness (QED) is 0.879. The Hall–Kier alpha value is -2.71. The molecule has 7 nitrogen and oxygen atoms in total. The monoisotopic (exact) mass is 336 g/mol. The Balaban J connectivity index is 1.58. The minimum atomic E-state index is -0.733. The van der Waals surface area contributed by atoms with Gasteiger partial charge in [0, 0.05) is 37.8 Å². The highest BCUT2D eigenvalue weighted by molar-refractivity contribution is 5.89. The van der Waals surface area contributed by atoms with Crippen LogP contribution in [0.25, 0.3) is 0 Å². The average Bonchev–Trinajstić information content (AvgIpc) is 2.86. The van der Waals surface area contributed by atoms with Crippen molar-refractivity contribution in [2.75, 3.05) is 24.1 Å². The number of aromatic nitrogens is 3. The van der Waals surface area contributed by atoms with Gasteiger partial charge in [-0.2, -0.15) is 10.1 Å². The van der Waals surface area contributed by atoms with Crippen LogP contribution in [0.2, 0.25) is 0 Å². The summed E-state index contributed by atoms with van der Waals surface area (Å²) in [6.45, 7) is 1.01. The molecule has 0 atom stereocenters. The number of nitrogens with two attached hydrogens (primary N) is 1. The molecule has 3 N–H and O–H groups in total. The van der Waals surface area contributed by atoms with Crippen LogP contribution in [-0.2, 0) is 7.05 Å². The van der Waals surface area contributed by atoms with E-state index < -0.39 is 11.6 Å². The number of carbonyl (C=O) groups excluding carboxylic acids is 1. The first-order valence-corrected chi connectivity index (χ1v) is 7.61. The molecular formula is C15H18F2N6O. The normalized spacial score (nSPS) is 15.5. The van der Waals surface area contributed by atoms with Crippen molar-refractivity contribution in [3.05, 3.63) is 35.7 Å². The number of hydrogen-bond donors (Lipinski definition) is 2. The van der Waals surface area contributed by atoms with Crippen LogP contribution < -0.4 is 11.1 Å². The summed E-state index contributed by atoms with van der Waals surface area (Å²) in [7, 11) is 1.73. The van der Waals surface area contributed by atoms with Gasteiger partial charge in [0.25, 0.3) is 0 Å². The molecule has 1 aromatic carbocycles. The molecule has 0 bridgehead atoms. The maximum atomic E-state index is 13.2. The van der Waals surface area contributed by atoms with Crippen LogP contribution in [0.3, 0.4) is 0 Å². The van der Waals surface area contributed by atoms with Crippen LogP contribution in [0.4, 0.5) is 25.2 Å². The number of hydrogen-bond acceptors (Lipinski definition) is 4. The molecule has 0 aliphatic carbocycles. The Labute approximate surface area is 137 Å². The van der Waals surface area contributed by atoms with Crippen molar-refractivity contribution in [2.24, 2.45) is 7.05 Å². The average molecular weight is 336 g/mol. The molecule has 2 heterocycles. The van der Waals surface area contributed by atoms with Gasteiger partial charge in [-0.15, -0.1) is 0 Å². The Morgan fingerprint density at radius 3 is 2.42 bits per heavy atom. The molecule has 0 spiro atoms. The zero-order valence-electron chi connectivity index (χ0n) is 13.2. The van der Waals surface area contributed by atoms with Gasteiger partial charge < -0.3 is 16.0 Å². The molecule has 0 saturated carbocycles. The minimum absolute atomic E-state index is 0.0961. The van der Waals surface area contributed by atoms with E-state index in [9.17, 15) is 13.6 Å². The van der Waals surface area contributed by atoms with Gasteiger partial charge in [0.15, 0.2) is 5.82 Å². The van der Waals surface area contributed by atoms with E-state index in [1.807, 2.05) is 0 Å². The summed E-state index contributed by atoms with van der Waals surface area (Å²) < 4.78 is 27.8. The number of nitrogens with one attached hydrogen (secondary N) is 1. The van der Waals surface area contributed by atoms with E-state index in [4.69, 9.17) is 5.73 Å². The zero-order valence-corrected chi connectivity index (χ0v) is 13.2. The van der Waals surface area contributed by atoms with Crippen molar-refractivity contribution in [1.82, 2.24) is 19.7 Å². The molecule has 3 rings (SSSR count). The number of rotatable bonds is 2. The summed E-state index contributed by atoms with van der Waals surface area (Å²) in [5, 5.41) is 6.78. The van der Waals surface area contributed by atoms with E-state index in [1.54, 1.807) is 11.9 Å². The van der Waals surface area contributed by atoms with Gasteiger partial charge in [-0.25, -0.2) is 18.3 Å². The highest BCUT2D eigenvalue weighted by Crippen LogP contribution is 2.26. The zero-order chi connectivity index (χ0) is 17.3. The van der Waals surface area contributed by atoms with Gasteiger partial charge in [0.2, 0.25) is 5.95 Å². The lowest BCUT2D eigenvalue weighted by molar-refractivity contribution is 0.193. The number of piperidine rings is 1. The number of urea groups is 1. The fourth-order valence-electron chi connectivity index (χ4n) is 2.76. The first kappa shape index (κ1) is 16.2. The second kappa shape index (κ2) is 6.42. The fraction of sp³-hybridized carbons (Fsp3) is 0.400. The van der Waals surface area contributed by atoms with Gasteiger partial charge in [0.1, 0.15) is 11.6 Å². The number of halogens is 2. The molecule has 2 aromatic rings. The maximum absolute atomic E-state index is 13.2. The van der Waals surface area contributed by atoms with E-state index >= 15 is 0 Å². The molecule has 1 aromatic heterocycles. The highest BCUT2D eigenvalue weighted by atomic mass is 19.1. The largest absolute Gasteiger partial charge is 0.368 e. The van der Waals surface area contributed by atoms with Crippen LogP contribution in [0, 0.1) is 11.6 Å². The first-order chi connectivity index (χ1) is 11.4. The molecule has 9 heteroatoms. The summed E-state index contributed by atoms with van der Waals surface area (Å²) in [4.78, 5) is 18.0. The molecule has 1 saturated heterocycles. The van der Waals surface area contributed by atoms with Crippen molar-refractivity contribution in [2.45, 2.75) is 18.8 Å². The summed E-state index contributed by atoms with van der Waals surface area (Å²) >= 11 is 0. The second-order valence-electron chi connectivity index (χ2n) is 5.80. The summed E-state index contributed by atoms with van der Waals surface area (Å²) in [5.74, 6) is -0.282. The summed E-state index contributed by atoms with van der Waals surface area (Å²) in [6, 6.07) is 2.53. The fourth-order valence-corrected chi connectivity index (χ4v) is 2.76. The molecule has 1 aliphatic heterocycles. The SMILES string of the molecule is Cn1nc(C2CCN(C(=O)Nc3cc(F)cc(F)c3)CC2)nc1N. The van der Waals surface area contributed by atoms with Gasteiger partial charge in [-0.3, -0.25) is 0 Å². The third kappa shape index (κ3) is 3.44. The number of benzene rings is 1. The first-order valence-electron chi connectivity index (χ1n) is 7.61. The third-order valence-electron chi connectivity index (χ3n) is 4.07. The molecule has 1 fully saturated rings. The molecule has 0 radical (unpaired) electrons. The van der Waals surface area contributed by atoms with Crippen LogP contribution in [0.15, 0.2) is 18.2 Å². The van der Waals surface area contributed by atoms with E-state index in [-0.39, 0.29) is 17.6 Å². The minimum Gasteiger partial charge on any atom is -0.368 e. The smallest absolute Gasteiger partial charge is 0.321 e. The molecule has 2 amide bonds. The van der Waals surface area contributed by atoms with Crippen molar-refractivity contribution >= 4 is 17.7 Å². The van der Waals surface area contributed by atoms with Gasteiger partial charge in [0.05, 0.1) is 0 Å². The number of amides is 2. The van der Waals surface area contributed by atoms with Crippen molar-refractivity contribution in [3.63, 3.8) is 0 Å². The van der Waals surface area contributed by atoms with Gasteiger partial charge >= 0.3 is 6.03 Å². The Bertz CT molecular complexity index is 715. The molecule has 24 heavy (non-hydrogen) atoms. The number of carbonyl (C=O) groups is 1. The maximum Gasteiger partial charge on any atom is 0.321 e. The van der Waals surface area contributed by atoms with E-state index in [0.29, 0.717) is 37.7 Å². The number of likely N-dealkylation sites (tertiary alicyclic amines) is 1. The standard InChI is InChI=1S/C15H18F2N6O/c1-22-14(18)20-13(21-22)9-2-4-23(5-3-9)15(24)19-12-7-10(16)6-11(17)8-12/h6-9H,2-5H2,1H3,(H,19,24)(H2,18,20,21). The number of aryl methyl sites for hydroxylation is 1. The van der Waals surface area contributed by atoms with Gasteiger partial charge in [-0.05, 0) is 25.0 Å². The number of nitrogens with zero attached hydrogens (tertiary/aromatic N) is 4. The predicted octanol–water partition coefficient (Wildman–Crippen LogP) is 2.09. The highest BCUT2D eigenvalue weighted by Gasteiger charge is 2.26. The molecular weight excluding hydrogens is 318 g/mol. The lowest BCUT2D eigenvalue weighted by Crippen LogP contribution is -2.40. The molecule has 128 valence electrons. The van der Waals surface area contributed by atoms with Crippen LogP contribution in [0.1, 0.15) is 24.6 Å². The predicted molar refractivity (Wildman–Crippen MR) is 84.3 cm³/mol. The molecule has 1 aliphatic rings. The lowest BCUT2D eigenvalue weighted by Gasteiger charge is -2.30. The van der Waals surface area contributed by atoms with Crippen molar-refractivity contribution in [3.8, 4) is 0 Å².